The van der Waals surface area contributed by atoms with E-state index in [1.807, 2.05) is 59.9 Å². The summed E-state index contributed by atoms with van der Waals surface area (Å²) >= 11 is 1.38. The highest BCUT2D eigenvalue weighted by molar-refractivity contribution is 7.99. The molecule has 0 atom stereocenters. The second-order valence-electron chi connectivity index (χ2n) is 6.24. The lowest BCUT2D eigenvalue weighted by atomic mass is 10.1. The van der Waals surface area contributed by atoms with E-state index in [0.29, 0.717) is 5.16 Å². The van der Waals surface area contributed by atoms with Crippen LogP contribution in [0.4, 0.5) is 5.69 Å². The number of amides is 1. The van der Waals surface area contributed by atoms with Gasteiger partial charge in [-0.15, -0.1) is 10.2 Å². The fraction of sp³-hybridized carbons (Fsp3) is 0.316. The number of nitrogens with one attached hydrogen (secondary N) is 1. The molecule has 0 saturated carbocycles. The molecule has 1 amide bonds. The van der Waals surface area contributed by atoms with Gasteiger partial charge in [0.15, 0.2) is 5.82 Å². The summed E-state index contributed by atoms with van der Waals surface area (Å²) in [6, 6.07) is 9.93. The van der Waals surface area contributed by atoms with Gasteiger partial charge in [0.1, 0.15) is 0 Å². The quantitative estimate of drug-likeness (QED) is 0.645. The Kier molecular flexibility index (Phi) is 5.78. The van der Waals surface area contributed by atoms with Gasteiger partial charge in [-0.05, 0) is 55.7 Å². The molecule has 0 saturated heterocycles. The lowest BCUT2D eigenvalue weighted by molar-refractivity contribution is -0.113. The van der Waals surface area contributed by atoms with Gasteiger partial charge in [-0.2, -0.15) is 0 Å². The average molecular weight is 369 g/mol. The van der Waals surface area contributed by atoms with Crippen LogP contribution in [-0.2, 0) is 11.2 Å². The maximum atomic E-state index is 12.3. The minimum atomic E-state index is -0.0564. The minimum absolute atomic E-state index is 0.0564. The molecule has 0 unspecified atom stereocenters. The van der Waals surface area contributed by atoms with E-state index in [0.717, 1.165) is 35.5 Å². The van der Waals surface area contributed by atoms with Crippen LogP contribution in [0.2, 0.25) is 0 Å². The van der Waals surface area contributed by atoms with Crippen LogP contribution in [-0.4, -0.2) is 31.2 Å². The topological polar surface area (TPSA) is 64.7 Å². The number of anilines is 1. The van der Waals surface area contributed by atoms with Crippen LogP contribution in [0, 0.1) is 13.8 Å². The summed E-state index contributed by atoms with van der Waals surface area (Å²) in [7, 11) is 0. The monoisotopic (exact) mass is 369 g/mol. The molecule has 1 aromatic carbocycles. The number of aromatic nitrogens is 4. The molecule has 0 fully saturated rings. The Morgan fingerprint density at radius 1 is 1.12 bits per heavy atom. The highest BCUT2D eigenvalue weighted by Crippen LogP contribution is 2.20. The van der Waals surface area contributed by atoms with Gasteiger partial charge >= 0.3 is 0 Å². The number of hydrogen-bond acceptors (Lipinski definition) is 4. The fourth-order valence-electron chi connectivity index (χ4n) is 2.83. The third kappa shape index (κ3) is 4.35. The molecule has 0 aliphatic rings. The second-order valence-corrected chi connectivity index (χ2v) is 7.18. The fourth-order valence-corrected chi connectivity index (χ4v) is 3.58. The number of carbonyl (C=O) groups is 1. The van der Waals surface area contributed by atoms with Crippen molar-refractivity contribution in [2.45, 2.75) is 38.8 Å². The molecule has 2 heterocycles. The molecule has 3 rings (SSSR count). The van der Waals surface area contributed by atoms with Gasteiger partial charge in [0.25, 0.3) is 0 Å². The lowest BCUT2D eigenvalue weighted by Crippen LogP contribution is -2.16. The maximum absolute atomic E-state index is 12.3. The maximum Gasteiger partial charge on any atom is 0.234 e. The van der Waals surface area contributed by atoms with Crippen molar-refractivity contribution in [1.82, 2.24) is 19.5 Å². The molecule has 136 valence electrons. The first-order valence-electron chi connectivity index (χ1n) is 8.65. The summed E-state index contributed by atoms with van der Waals surface area (Å²) in [5, 5.41) is 12.2. The first-order chi connectivity index (χ1) is 12.6. The van der Waals surface area contributed by atoms with Crippen LogP contribution in [0.25, 0.3) is 0 Å². The molecule has 1 N–H and O–H groups in total. The third-order valence-corrected chi connectivity index (χ3v) is 4.73. The van der Waals surface area contributed by atoms with E-state index in [-0.39, 0.29) is 11.7 Å². The molecular formula is C19H23N5OS. The lowest BCUT2D eigenvalue weighted by Gasteiger charge is -2.11. The van der Waals surface area contributed by atoms with Crippen molar-refractivity contribution in [2.75, 3.05) is 11.1 Å². The second kappa shape index (κ2) is 8.23. The minimum Gasteiger partial charge on any atom is -0.325 e. The molecule has 0 aliphatic carbocycles. The smallest absolute Gasteiger partial charge is 0.234 e. The molecule has 7 heteroatoms. The number of aryl methyl sites for hydroxylation is 3. The predicted octanol–water partition coefficient (Wildman–Crippen LogP) is 3.69. The van der Waals surface area contributed by atoms with Crippen molar-refractivity contribution in [2.24, 2.45) is 0 Å². The van der Waals surface area contributed by atoms with Gasteiger partial charge in [-0.3, -0.25) is 9.47 Å². The van der Waals surface area contributed by atoms with E-state index in [2.05, 4.69) is 28.5 Å². The molecule has 0 radical (unpaired) electrons. The van der Waals surface area contributed by atoms with Gasteiger partial charge in [-0.25, -0.2) is 4.68 Å². The van der Waals surface area contributed by atoms with Crippen molar-refractivity contribution < 1.29 is 4.79 Å². The van der Waals surface area contributed by atoms with Crippen LogP contribution in [0.15, 0.2) is 47.9 Å². The Morgan fingerprint density at radius 3 is 2.46 bits per heavy atom. The highest BCUT2D eigenvalue weighted by Gasteiger charge is 2.15. The normalized spacial score (nSPS) is 10.9. The summed E-state index contributed by atoms with van der Waals surface area (Å²) in [6.45, 7) is 6.15. The molecule has 2 aromatic heterocycles. The number of carbonyl (C=O) groups excluding carboxylic acids is 1. The third-order valence-electron chi connectivity index (χ3n) is 3.81. The van der Waals surface area contributed by atoms with Gasteiger partial charge in [-0.1, -0.05) is 24.8 Å². The summed E-state index contributed by atoms with van der Waals surface area (Å²) in [4.78, 5) is 12.3. The largest absolute Gasteiger partial charge is 0.325 e. The van der Waals surface area contributed by atoms with Gasteiger partial charge in [0, 0.05) is 24.5 Å². The van der Waals surface area contributed by atoms with Gasteiger partial charge in [0.05, 0.1) is 5.75 Å². The predicted molar refractivity (Wildman–Crippen MR) is 105 cm³/mol. The zero-order valence-corrected chi connectivity index (χ0v) is 16.1. The van der Waals surface area contributed by atoms with Crippen molar-refractivity contribution in [1.29, 1.82) is 0 Å². The van der Waals surface area contributed by atoms with Crippen LogP contribution >= 0.6 is 11.8 Å². The van der Waals surface area contributed by atoms with E-state index in [9.17, 15) is 4.79 Å². The van der Waals surface area contributed by atoms with E-state index >= 15 is 0 Å². The zero-order valence-electron chi connectivity index (χ0n) is 15.3. The van der Waals surface area contributed by atoms with Crippen molar-refractivity contribution in [3.05, 3.63) is 59.7 Å². The number of rotatable bonds is 7. The molecule has 6 nitrogen and oxygen atoms in total. The van der Waals surface area contributed by atoms with Crippen molar-refractivity contribution in [3.8, 4) is 0 Å². The van der Waals surface area contributed by atoms with Crippen LogP contribution in [0.5, 0.6) is 0 Å². The number of hydrogen-bond donors (Lipinski definition) is 1. The molecule has 26 heavy (non-hydrogen) atoms. The van der Waals surface area contributed by atoms with Crippen LogP contribution in [0.1, 0.15) is 30.3 Å². The molecule has 0 bridgehead atoms. The number of thioether (sulfide) groups is 1. The Balaban J connectivity index is 1.70. The Hall–Kier alpha value is -2.54. The van der Waals surface area contributed by atoms with E-state index in [1.165, 1.54) is 11.8 Å². The van der Waals surface area contributed by atoms with E-state index in [1.54, 1.807) is 0 Å². The number of nitrogens with zero attached hydrogens (tertiary/aromatic N) is 4. The Bertz CT molecular complexity index is 865. The van der Waals surface area contributed by atoms with Gasteiger partial charge in [0.2, 0.25) is 11.1 Å². The average Bonchev–Trinajstić information content (AvgIpc) is 3.21. The Labute approximate surface area is 157 Å². The Morgan fingerprint density at radius 2 is 1.81 bits per heavy atom. The summed E-state index contributed by atoms with van der Waals surface area (Å²) in [5.41, 5.74) is 3.08. The van der Waals surface area contributed by atoms with Crippen LogP contribution < -0.4 is 5.32 Å². The highest BCUT2D eigenvalue weighted by atomic mass is 32.2. The molecule has 0 aliphatic heterocycles. The summed E-state index contributed by atoms with van der Waals surface area (Å²) < 4.78 is 3.90. The van der Waals surface area contributed by atoms with Gasteiger partial charge < -0.3 is 5.32 Å². The summed E-state index contributed by atoms with van der Waals surface area (Å²) in [5.74, 6) is 1.11. The van der Waals surface area contributed by atoms with Crippen molar-refractivity contribution in [3.63, 3.8) is 0 Å². The number of benzene rings is 1. The zero-order chi connectivity index (χ0) is 18.5. The first kappa shape index (κ1) is 18.3. The SMILES string of the molecule is CCCc1nnc(SCC(=O)Nc2cc(C)cc(C)c2)n1-n1cccc1. The molecule has 0 spiro atoms. The standard InChI is InChI=1S/C19H23N5OS/c1-4-7-17-21-22-19(24(17)23-8-5-6-9-23)26-13-18(25)20-16-11-14(2)10-15(3)12-16/h5-6,8-12H,4,7,13H2,1-3H3,(H,20,25). The molecular weight excluding hydrogens is 346 g/mol. The van der Waals surface area contributed by atoms with Crippen LogP contribution in [0.3, 0.4) is 0 Å². The van der Waals surface area contributed by atoms with Crippen molar-refractivity contribution >= 4 is 23.4 Å². The van der Waals surface area contributed by atoms with E-state index in [4.69, 9.17) is 0 Å². The van der Waals surface area contributed by atoms with E-state index < -0.39 is 0 Å². The first-order valence-corrected chi connectivity index (χ1v) is 9.64. The summed E-state index contributed by atoms with van der Waals surface area (Å²) in [6.07, 6.45) is 5.71. The molecule has 3 aromatic rings.